The van der Waals surface area contributed by atoms with Gasteiger partial charge in [0.15, 0.2) is 11.5 Å². The molecule has 0 saturated heterocycles. The van der Waals surface area contributed by atoms with E-state index in [1.807, 2.05) is 18.2 Å². The summed E-state index contributed by atoms with van der Waals surface area (Å²) >= 11 is 0. The normalized spacial score (nSPS) is 12.5. The zero-order chi connectivity index (χ0) is 17.9. The Morgan fingerprint density at radius 2 is 1.73 bits per heavy atom. The molecule has 4 rings (SSSR count). The lowest BCUT2D eigenvalue weighted by atomic mass is 10.2. The van der Waals surface area contributed by atoms with Gasteiger partial charge < -0.3 is 20.1 Å². The molecule has 0 amide bonds. The second-order valence-electron chi connectivity index (χ2n) is 5.50. The predicted octanol–water partition coefficient (Wildman–Crippen LogP) is 4.01. The monoisotopic (exact) mass is 356 g/mol. The van der Waals surface area contributed by atoms with E-state index in [2.05, 4.69) is 20.6 Å². The number of nitrogens with one attached hydrogen (secondary N) is 2. The van der Waals surface area contributed by atoms with Crippen LogP contribution in [0.3, 0.4) is 0 Å². The van der Waals surface area contributed by atoms with E-state index < -0.39 is 11.6 Å². The molecule has 0 atom stereocenters. The van der Waals surface area contributed by atoms with Crippen LogP contribution in [0.25, 0.3) is 0 Å². The molecule has 0 aliphatic carbocycles. The van der Waals surface area contributed by atoms with Crippen molar-refractivity contribution in [1.82, 2.24) is 9.97 Å². The fraction of sp³-hybridized carbons (Fsp3) is 0.111. The topological polar surface area (TPSA) is 68.3 Å². The zero-order valence-electron chi connectivity index (χ0n) is 13.5. The summed E-state index contributed by atoms with van der Waals surface area (Å²) in [4.78, 5) is 8.32. The fourth-order valence-electron chi connectivity index (χ4n) is 2.47. The lowest BCUT2D eigenvalue weighted by molar-refractivity contribution is 0.171. The van der Waals surface area contributed by atoms with Crippen molar-refractivity contribution in [1.29, 1.82) is 0 Å². The van der Waals surface area contributed by atoms with Gasteiger partial charge in [0, 0.05) is 24.0 Å². The van der Waals surface area contributed by atoms with Gasteiger partial charge in [-0.3, -0.25) is 0 Å². The second-order valence-corrected chi connectivity index (χ2v) is 5.50. The molecule has 0 fully saturated rings. The zero-order valence-corrected chi connectivity index (χ0v) is 13.5. The van der Waals surface area contributed by atoms with E-state index >= 15 is 0 Å². The van der Waals surface area contributed by atoms with Crippen LogP contribution in [-0.4, -0.2) is 23.2 Å². The molecule has 0 unspecified atom stereocenters. The fourth-order valence-corrected chi connectivity index (χ4v) is 2.47. The Morgan fingerprint density at radius 3 is 2.58 bits per heavy atom. The van der Waals surface area contributed by atoms with E-state index in [1.54, 1.807) is 6.07 Å². The highest BCUT2D eigenvalue weighted by Crippen LogP contribution is 2.33. The first-order valence-corrected chi connectivity index (χ1v) is 7.89. The number of nitrogens with zero attached hydrogens (tertiary/aromatic N) is 2. The molecule has 2 N–H and O–H groups in total. The Kier molecular flexibility index (Phi) is 4.22. The third-order valence-electron chi connectivity index (χ3n) is 3.65. The van der Waals surface area contributed by atoms with Crippen molar-refractivity contribution in [3.05, 3.63) is 60.3 Å². The van der Waals surface area contributed by atoms with E-state index in [0.29, 0.717) is 30.5 Å². The minimum absolute atomic E-state index is 0.0860. The van der Waals surface area contributed by atoms with Crippen LogP contribution >= 0.6 is 0 Å². The predicted molar refractivity (Wildman–Crippen MR) is 92.4 cm³/mol. The molecule has 1 aliphatic heterocycles. The molecule has 2 aromatic carbocycles. The Morgan fingerprint density at radius 1 is 0.885 bits per heavy atom. The largest absolute Gasteiger partial charge is 0.486 e. The number of hydrogen-bond acceptors (Lipinski definition) is 6. The number of rotatable bonds is 4. The van der Waals surface area contributed by atoms with Crippen molar-refractivity contribution in [2.24, 2.45) is 0 Å². The van der Waals surface area contributed by atoms with Crippen LogP contribution in [0.2, 0.25) is 0 Å². The van der Waals surface area contributed by atoms with Crippen LogP contribution < -0.4 is 20.1 Å². The number of benzene rings is 2. The second kappa shape index (κ2) is 6.83. The molecule has 1 aliphatic rings. The van der Waals surface area contributed by atoms with Crippen LogP contribution in [-0.2, 0) is 0 Å². The van der Waals surface area contributed by atoms with Crippen molar-refractivity contribution in [2.75, 3.05) is 23.8 Å². The van der Waals surface area contributed by atoms with Gasteiger partial charge in [-0.2, -0.15) is 4.98 Å². The maximum atomic E-state index is 13.7. The summed E-state index contributed by atoms with van der Waals surface area (Å²) in [6.07, 6.45) is 1.52. The summed E-state index contributed by atoms with van der Waals surface area (Å²) in [5, 5.41) is 5.85. The van der Waals surface area contributed by atoms with Gasteiger partial charge in [-0.25, -0.2) is 13.8 Å². The van der Waals surface area contributed by atoms with E-state index in [4.69, 9.17) is 9.47 Å². The van der Waals surface area contributed by atoms with E-state index in [-0.39, 0.29) is 11.6 Å². The quantitative estimate of drug-likeness (QED) is 0.736. The molecule has 132 valence electrons. The van der Waals surface area contributed by atoms with Crippen molar-refractivity contribution in [2.45, 2.75) is 0 Å². The number of aromatic nitrogens is 2. The number of fused-ring (bicyclic) bond motifs is 1. The van der Waals surface area contributed by atoms with E-state index in [9.17, 15) is 8.78 Å². The van der Waals surface area contributed by atoms with Crippen LogP contribution in [0.15, 0.2) is 48.7 Å². The Bertz CT molecular complexity index is 952. The van der Waals surface area contributed by atoms with Gasteiger partial charge >= 0.3 is 0 Å². The standard InChI is InChI=1S/C18H14F2N4O2/c19-11-1-3-14(13(20)9-11)23-18-21-6-5-17(24-18)22-12-2-4-15-16(10-12)26-8-7-25-15/h1-6,9-10H,7-8H2,(H2,21,22,23,24). The van der Waals surface area contributed by atoms with Crippen LogP contribution in [0.5, 0.6) is 11.5 Å². The third-order valence-corrected chi connectivity index (χ3v) is 3.65. The molecular formula is C18H14F2N4O2. The molecule has 0 spiro atoms. The van der Waals surface area contributed by atoms with E-state index in [1.165, 1.54) is 12.3 Å². The van der Waals surface area contributed by atoms with Gasteiger partial charge in [0.2, 0.25) is 5.95 Å². The van der Waals surface area contributed by atoms with Crippen molar-refractivity contribution < 1.29 is 18.3 Å². The maximum Gasteiger partial charge on any atom is 0.229 e. The lowest BCUT2D eigenvalue weighted by Gasteiger charge is -2.19. The minimum atomic E-state index is -0.723. The van der Waals surface area contributed by atoms with Crippen LogP contribution in [0, 0.1) is 11.6 Å². The molecule has 0 bridgehead atoms. The summed E-state index contributed by atoms with van der Waals surface area (Å²) in [6.45, 7) is 1.03. The highest BCUT2D eigenvalue weighted by atomic mass is 19.1. The van der Waals surface area contributed by atoms with Gasteiger partial charge in [-0.1, -0.05) is 0 Å². The summed E-state index contributed by atoms with van der Waals surface area (Å²) in [6, 6.07) is 10.4. The SMILES string of the molecule is Fc1ccc(Nc2nccc(Nc3ccc4c(c3)OCCO4)n2)c(F)c1. The summed E-state index contributed by atoms with van der Waals surface area (Å²) < 4.78 is 37.8. The molecular weight excluding hydrogens is 342 g/mol. The Labute approximate surface area is 147 Å². The van der Waals surface area contributed by atoms with Crippen molar-refractivity contribution >= 4 is 23.1 Å². The average molecular weight is 356 g/mol. The van der Waals surface area contributed by atoms with Gasteiger partial charge in [-0.05, 0) is 30.3 Å². The molecule has 3 aromatic rings. The Balaban J connectivity index is 1.52. The number of hydrogen-bond donors (Lipinski definition) is 2. The smallest absolute Gasteiger partial charge is 0.229 e. The van der Waals surface area contributed by atoms with Gasteiger partial charge in [0.1, 0.15) is 30.7 Å². The molecule has 0 radical (unpaired) electrons. The first-order chi connectivity index (χ1) is 12.7. The molecule has 8 heteroatoms. The van der Waals surface area contributed by atoms with Gasteiger partial charge in [-0.15, -0.1) is 0 Å². The van der Waals surface area contributed by atoms with Crippen molar-refractivity contribution in [3.8, 4) is 11.5 Å². The lowest BCUT2D eigenvalue weighted by Crippen LogP contribution is -2.15. The number of halogens is 2. The maximum absolute atomic E-state index is 13.7. The molecule has 2 heterocycles. The third kappa shape index (κ3) is 3.49. The number of anilines is 4. The molecule has 0 saturated carbocycles. The highest BCUT2D eigenvalue weighted by Gasteiger charge is 2.12. The van der Waals surface area contributed by atoms with E-state index in [0.717, 1.165) is 17.8 Å². The first-order valence-electron chi connectivity index (χ1n) is 7.89. The Hall–Kier alpha value is -3.42. The molecule has 6 nitrogen and oxygen atoms in total. The summed E-state index contributed by atoms with van der Waals surface area (Å²) in [5.41, 5.74) is 0.842. The number of ether oxygens (including phenoxy) is 2. The summed E-state index contributed by atoms with van der Waals surface area (Å²) in [7, 11) is 0. The molecule has 1 aromatic heterocycles. The van der Waals surface area contributed by atoms with Gasteiger partial charge in [0.25, 0.3) is 0 Å². The van der Waals surface area contributed by atoms with Crippen molar-refractivity contribution in [3.63, 3.8) is 0 Å². The highest BCUT2D eigenvalue weighted by molar-refractivity contribution is 5.63. The minimum Gasteiger partial charge on any atom is -0.486 e. The first kappa shape index (κ1) is 16.1. The van der Waals surface area contributed by atoms with Crippen LogP contribution in [0.4, 0.5) is 31.9 Å². The summed E-state index contributed by atoms with van der Waals surface area (Å²) in [5.74, 6) is 0.655. The van der Waals surface area contributed by atoms with Gasteiger partial charge in [0.05, 0.1) is 5.69 Å². The average Bonchev–Trinajstić information content (AvgIpc) is 2.64. The molecule has 26 heavy (non-hydrogen) atoms. The van der Waals surface area contributed by atoms with Crippen LogP contribution in [0.1, 0.15) is 0 Å².